The van der Waals surface area contributed by atoms with Crippen LogP contribution in [-0.2, 0) is 10.2 Å². The molecule has 25 heavy (non-hydrogen) atoms. The van der Waals surface area contributed by atoms with Gasteiger partial charge < -0.3 is 19.5 Å². The van der Waals surface area contributed by atoms with E-state index < -0.39 is 18.1 Å². The molecule has 1 aromatic carbocycles. The Kier molecular flexibility index (Phi) is 5.08. The Bertz CT molecular complexity index is 643. The van der Waals surface area contributed by atoms with Crippen LogP contribution in [0.15, 0.2) is 18.2 Å². The van der Waals surface area contributed by atoms with E-state index in [-0.39, 0.29) is 30.1 Å². The molecule has 140 valence electrons. The zero-order chi connectivity index (χ0) is 18.9. The summed E-state index contributed by atoms with van der Waals surface area (Å²) in [7, 11) is 1.41. The lowest BCUT2D eigenvalue weighted by molar-refractivity contribution is -0.317. The molecule has 0 radical (unpaired) electrons. The van der Waals surface area contributed by atoms with Crippen LogP contribution in [0.1, 0.15) is 26.3 Å². The van der Waals surface area contributed by atoms with Crippen LogP contribution in [0.2, 0.25) is 0 Å². The lowest BCUT2D eigenvalue weighted by Gasteiger charge is -2.29. The van der Waals surface area contributed by atoms with Gasteiger partial charge in [0.25, 0.3) is 0 Å². The Morgan fingerprint density at radius 2 is 1.84 bits per heavy atom. The van der Waals surface area contributed by atoms with E-state index in [2.05, 4.69) is 5.32 Å². The molecule has 0 fully saturated rings. The number of carbonyl (C=O) groups is 1. The van der Waals surface area contributed by atoms with Gasteiger partial charge in [-0.05, 0) is 23.1 Å². The summed E-state index contributed by atoms with van der Waals surface area (Å²) in [6.45, 7) is 5.95. The summed E-state index contributed by atoms with van der Waals surface area (Å²) in [6.07, 6.45) is -4.99. The fraction of sp³-hybridized carbons (Fsp3) is 0.562. The van der Waals surface area contributed by atoms with Crippen LogP contribution in [0, 0.1) is 0 Å². The van der Waals surface area contributed by atoms with E-state index in [1.54, 1.807) is 11.4 Å². The maximum absolute atomic E-state index is 13.5. The number of carbonyl (C=O) groups excluding carboxylic acids is 1. The number of rotatable bonds is 4. The first-order valence-corrected chi connectivity index (χ1v) is 7.63. The number of urea groups is 1. The summed E-state index contributed by atoms with van der Waals surface area (Å²) in [5.74, 6) is -3.45. The summed E-state index contributed by atoms with van der Waals surface area (Å²) < 4.78 is 55.3. The van der Waals surface area contributed by atoms with Gasteiger partial charge in [-0.15, -0.1) is 0 Å². The Morgan fingerprint density at radius 3 is 2.40 bits per heavy atom. The molecule has 0 unspecified atom stereocenters. The molecule has 1 aromatic rings. The molecule has 0 aromatic heterocycles. The first kappa shape index (κ1) is 19.2. The maximum Gasteiger partial charge on any atom is 0.492 e. The van der Waals surface area contributed by atoms with Gasteiger partial charge in [-0.3, -0.25) is 5.32 Å². The second kappa shape index (κ2) is 6.62. The average molecular weight is 362 g/mol. The van der Waals surface area contributed by atoms with Crippen LogP contribution in [0.25, 0.3) is 0 Å². The zero-order valence-corrected chi connectivity index (χ0v) is 14.4. The molecule has 6 nitrogen and oxygen atoms in total. The topological polar surface area (TPSA) is 68.8 Å². The van der Waals surface area contributed by atoms with Gasteiger partial charge in [0.05, 0.1) is 6.61 Å². The number of alkyl halides is 3. The fourth-order valence-corrected chi connectivity index (χ4v) is 2.17. The molecule has 2 rings (SSSR count). The van der Waals surface area contributed by atoms with E-state index in [9.17, 15) is 18.0 Å². The fourth-order valence-electron chi connectivity index (χ4n) is 2.17. The van der Waals surface area contributed by atoms with Crippen molar-refractivity contribution in [3.05, 3.63) is 23.8 Å². The maximum atomic E-state index is 13.5. The van der Waals surface area contributed by atoms with E-state index in [1.165, 1.54) is 19.2 Å². The van der Waals surface area contributed by atoms with Crippen molar-refractivity contribution in [3.8, 4) is 11.5 Å². The molecule has 1 aliphatic heterocycles. The summed E-state index contributed by atoms with van der Waals surface area (Å²) in [5, 5.41) is 3.96. The number of methoxy groups -OCH3 is 1. The average Bonchev–Trinajstić information content (AvgIpc) is 2.84. The summed E-state index contributed by atoms with van der Waals surface area (Å²) >= 11 is 0. The van der Waals surface area contributed by atoms with E-state index in [1.807, 2.05) is 20.8 Å². The first-order chi connectivity index (χ1) is 11.5. The van der Waals surface area contributed by atoms with Gasteiger partial charge in [0.2, 0.25) is 0 Å². The molecule has 2 amide bonds. The highest BCUT2D eigenvalue weighted by Gasteiger charge is 2.65. The van der Waals surface area contributed by atoms with Crippen LogP contribution in [0.4, 0.5) is 18.0 Å². The molecule has 1 aliphatic rings. The molecule has 0 bridgehead atoms. The highest BCUT2D eigenvalue weighted by molar-refractivity contribution is 5.74. The van der Waals surface area contributed by atoms with E-state index >= 15 is 0 Å². The molecule has 9 heteroatoms. The number of fused-ring (bicyclic) bond motifs is 1. The normalized spacial score (nSPS) is 19.6. The van der Waals surface area contributed by atoms with Crippen molar-refractivity contribution in [2.75, 3.05) is 20.3 Å². The molecule has 0 saturated heterocycles. The predicted octanol–water partition coefficient (Wildman–Crippen LogP) is 2.92. The Balaban J connectivity index is 2.24. The minimum atomic E-state index is -4.99. The molecule has 1 atom stereocenters. The van der Waals surface area contributed by atoms with Gasteiger partial charge in [0.1, 0.15) is 0 Å². The Morgan fingerprint density at radius 1 is 1.20 bits per heavy atom. The Labute approximate surface area is 143 Å². The minimum Gasteiger partial charge on any atom is -0.424 e. The van der Waals surface area contributed by atoms with E-state index in [0.717, 1.165) is 5.56 Å². The lowest BCUT2D eigenvalue weighted by Crippen LogP contribution is -2.66. The molecule has 2 N–H and O–H groups in total. The smallest absolute Gasteiger partial charge is 0.424 e. The van der Waals surface area contributed by atoms with Crippen LogP contribution in [-0.4, -0.2) is 38.4 Å². The lowest BCUT2D eigenvalue weighted by atomic mass is 9.87. The molecular formula is C16H21F3N2O4. The summed E-state index contributed by atoms with van der Waals surface area (Å²) in [6, 6.07) is 3.45. The van der Waals surface area contributed by atoms with Gasteiger partial charge in [0, 0.05) is 13.7 Å². The number of ether oxygens (including phenoxy) is 3. The van der Waals surface area contributed by atoms with Gasteiger partial charge in [0.15, 0.2) is 11.5 Å². The van der Waals surface area contributed by atoms with Gasteiger partial charge in [-0.2, -0.15) is 13.2 Å². The van der Waals surface area contributed by atoms with Crippen LogP contribution >= 0.6 is 0 Å². The van der Waals surface area contributed by atoms with Crippen molar-refractivity contribution in [3.63, 3.8) is 0 Å². The standard InChI is InChI=1S/C16H21F3N2O4/c1-14(2,3)10-5-6-11-12(9-10)25-16(24-11,15(17,18)19)21-13(22)20-7-8-23-4/h5-6,9H,7-8H2,1-4H3,(H2,20,21,22)/t16-/m0/s1. The van der Waals surface area contributed by atoms with Crippen LogP contribution in [0.5, 0.6) is 11.5 Å². The van der Waals surface area contributed by atoms with Crippen molar-refractivity contribution in [2.45, 2.75) is 38.3 Å². The number of nitrogens with one attached hydrogen (secondary N) is 2. The zero-order valence-electron chi connectivity index (χ0n) is 14.4. The second-order valence-electron chi connectivity index (χ2n) is 6.60. The summed E-state index contributed by atoms with van der Waals surface area (Å²) in [4.78, 5) is 11.8. The number of hydrogen-bond donors (Lipinski definition) is 2. The number of benzene rings is 1. The molecule has 0 saturated carbocycles. The number of halogens is 3. The van der Waals surface area contributed by atoms with Crippen molar-refractivity contribution < 1.29 is 32.2 Å². The monoisotopic (exact) mass is 362 g/mol. The Hall–Kier alpha value is -2.16. The van der Waals surface area contributed by atoms with Gasteiger partial charge in [-0.25, -0.2) is 4.79 Å². The highest BCUT2D eigenvalue weighted by atomic mass is 19.4. The van der Waals surface area contributed by atoms with Crippen LogP contribution < -0.4 is 20.1 Å². The molecular weight excluding hydrogens is 341 g/mol. The molecule has 0 spiro atoms. The van der Waals surface area contributed by atoms with Crippen molar-refractivity contribution >= 4 is 6.03 Å². The summed E-state index contributed by atoms with van der Waals surface area (Å²) in [5.41, 5.74) is 0.490. The van der Waals surface area contributed by atoms with E-state index in [0.29, 0.717) is 0 Å². The third-order valence-corrected chi connectivity index (χ3v) is 3.56. The van der Waals surface area contributed by atoms with Crippen molar-refractivity contribution in [2.24, 2.45) is 0 Å². The van der Waals surface area contributed by atoms with Crippen LogP contribution in [0.3, 0.4) is 0 Å². The number of amides is 2. The molecule has 0 aliphatic carbocycles. The predicted molar refractivity (Wildman–Crippen MR) is 83.6 cm³/mol. The van der Waals surface area contributed by atoms with Gasteiger partial charge >= 0.3 is 18.1 Å². The molecule has 1 heterocycles. The minimum absolute atomic E-state index is 0.0391. The third kappa shape index (κ3) is 4.09. The van der Waals surface area contributed by atoms with Crippen molar-refractivity contribution in [1.82, 2.24) is 10.6 Å². The first-order valence-electron chi connectivity index (χ1n) is 7.63. The number of hydrogen-bond acceptors (Lipinski definition) is 4. The quantitative estimate of drug-likeness (QED) is 0.808. The second-order valence-corrected chi connectivity index (χ2v) is 6.60. The van der Waals surface area contributed by atoms with Crippen molar-refractivity contribution in [1.29, 1.82) is 0 Å². The highest BCUT2D eigenvalue weighted by Crippen LogP contribution is 2.46. The van der Waals surface area contributed by atoms with Gasteiger partial charge in [-0.1, -0.05) is 26.8 Å². The van der Waals surface area contributed by atoms with E-state index in [4.69, 9.17) is 14.2 Å². The SMILES string of the molecule is COCCNC(=O)N[C@@]1(C(F)(F)F)Oc2ccc(C(C)(C)C)cc2O1. The third-order valence-electron chi connectivity index (χ3n) is 3.56. The largest absolute Gasteiger partial charge is 0.492 e.